The summed E-state index contributed by atoms with van der Waals surface area (Å²) >= 11 is 3.19. The van der Waals surface area contributed by atoms with Gasteiger partial charge in [-0.25, -0.2) is 9.48 Å². The average Bonchev–Trinajstić information content (AvgIpc) is 2.93. The van der Waals surface area contributed by atoms with E-state index in [-0.39, 0.29) is 5.92 Å². The van der Waals surface area contributed by atoms with Gasteiger partial charge < -0.3 is 9.52 Å². The molecule has 1 atom stereocenters. The van der Waals surface area contributed by atoms with E-state index in [1.165, 1.54) is 4.68 Å². The lowest BCUT2D eigenvalue weighted by atomic mass is 10.0. The van der Waals surface area contributed by atoms with Gasteiger partial charge in [0.2, 0.25) is 5.82 Å². The van der Waals surface area contributed by atoms with E-state index in [9.17, 15) is 9.90 Å². The molecule has 102 valence electrons. The van der Waals surface area contributed by atoms with Crippen molar-refractivity contribution in [3.63, 3.8) is 0 Å². The molecule has 7 nitrogen and oxygen atoms in total. The number of carbonyl (C=O) groups is 1. The molecular weight excluding hydrogens is 316 g/mol. The van der Waals surface area contributed by atoms with E-state index in [0.29, 0.717) is 22.7 Å². The predicted molar refractivity (Wildman–Crippen MR) is 69.3 cm³/mol. The zero-order valence-corrected chi connectivity index (χ0v) is 12.0. The minimum atomic E-state index is -0.965. The van der Waals surface area contributed by atoms with Crippen LogP contribution in [0.3, 0.4) is 0 Å². The van der Waals surface area contributed by atoms with E-state index in [0.717, 1.165) is 0 Å². The van der Waals surface area contributed by atoms with Gasteiger partial charge in [0.25, 0.3) is 0 Å². The summed E-state index contributed by atoms with van der Waals surface area (Å²) in [6, 6.07) is 2.57. The van der Waals surface area contributed by atoms with Crippen molar-refractivity contribution in [3.05, 3.63) is 16.8 Å². The summed E-state index contributed by atoms with van der Waals surface area (Å²) in [6.45, 7) is 3.90. The quantitative estimate of drug-likeness (QED) is 0.905. The molecule has 19 heavy (non-hydrogen) atoms. The number of nitrogens with zero attached hydrogens (tertiary/aromatic N) is 4. The Hall–Kier alpha value is -1.70. The number of hydrogen-bond acceptors (Lipinski definition) is 5. The number of carboxylic acid groups (broad SMARTS) is 1. The fourth-order valence-corrected chi connectivity index (χ4v) is 2.06. The number of rotatable bonds is 5. The normalized spacial score (nSPS) is 12.8. The third-order valence-corrected chi connectivity index (χ3v) is 2.99. The van der Waals surface area contributed by atoms with Gasteiger partial charge in [-0.05, 0) is 50.8 Å². The molecule has 8 heteroatoms. The molecule has 1 unspecified atom stereocenters. The standard InChI is InChI=1S/C11H13BrN4O3/c1-6(2)5-7(11(17)18)16-10(13-14-15-16)8-3-4-9(12)19-8/h3-4,6-7H,5H2,1-2H3,(H,17,18). The van der Waals surface area contributed by atoms with Crippen LogP contribution in [0.25, 0.3) is 11.6 Å². The van der Waals surface area contributed by atoms with Crippen molar-refractivity contribution in [2.24, 2.45) is 5.92 Å². The Bertz CT molecular complexity index is 578. The van der Waals surface area contributed by atoms with Crippen LogP contribution in [-0.2, 0) is 4.79 Å². The van der Waals surface area contributed by atoms with E-state index in [2.05, 4.69) is 31.5 Å². The van der Waals surface area contributed by atoms with Crippen molar-refractivity contribution >= 4 is 21.9 Å². The van der Waals surface area contributed by atoms with Crippen LogP contribution in [0.1, 0.15) is 26.3 Å². The monoisotopic (exact) mass is 328 g/mol. The number of halogens is 1. The zero-order valence-electron chi connectivity index (χ0n) is 10.4. The molecule has 2 rings (SSSR count). The summed E-state index contributed by atoms with van der Waals surface area (Å²) in [5.74, 6) is -0.0278. The van der Waals surface area contributed by atoms with Gasteiger partial charge in [0.1, 0.15) is 0 Å². The van der Waals surface area contributed by atoms with Gasteiger partial charge in [-0.2, -0.15) is 0 Å². The largest absolute Gasteiger partial charge is 0.480 e. The Balaban J connectivity index is 2.39. The topological polar surface area (TPSA) is 94.0 Å². The van der Waals surface area contributed by atoms with Crippen LogP contribution in [0.2, 0.25) is 0 Å². The number of hydrogen-bond donors (Lipinski definition) is 1. The number of tetrazole rings is 1. The van der Waals surface area contributed by atoms with Crippen molar-refractivity contribution in [1.29, 1.82) is 0 Å². The second-order valence-electron chi connectivity index (χ2n) is 4.53. The van der Waals surface area contributed by atoms with Gasteiger partial charge in [0.05, 0.1) is 0 Å². The van der Waals surface area contributed by atoms with E-state index < -0.39 is 12.0 Å². The highest BCUT2D eigenvalue weighted by Crippen LogP contribution is 2.26. The molecule has 0 aliphatic heterocycles. The second kappa shape index (κ2) is 5.52. The Morgan fingerprint density at radius 3 is 2.79 bits per heavy atom. The van der Waals surface area contributed by atoms with Crippen LogP contribution >= 0.6 is 15.9 Å². The SMILES string of the molecule is CC(C)CC(C(=O)O)n1nnnc1-c1ccc(Br)o1. The van der Waals surface area contributed by atoms with E-state index in [4.69, 9.17) is 4.42 Å². The zero-order chi connectivity index (χ0) is 14.0. The van der Waals surface area contributed by atoms with Crippen LogP contribution in [-0.4, -0.2) is 31.3 Å². The summed E-state index contributed by atoms with van der Waals surface area (Å²) in [5, 5.41) is 20.5. The molecule has 2 heterocycles. The van der Waals surface area contributed by atoms with E-state index in [1.54, 1.807) is 12.1 Å². The van der Waals surface area contributed by atoms with Crippen LogP contribution in [0, 0.1) is 5.92 Å². The molecule has 0 bridgehead atoms. The van der Waals surface area contributed by atoms with Crippen molar-refractivity contribution in [3.8, 4) is 11.6 Å². The van der Waals surface area contributed by atoms with Gasteiger partial charge in [-0.1, -0.05) is 13.8 Å². The molecule has 0 amide bonds. The lowest BCUT2D eigenvalue weighted by molar-refractivity contribution is -0.141. The highest BCUT2D eigenvalue weighted by molar-refractivity contribution is 9.10. The van der Waals surface area contributed by atoms with Gasteiger partial charge in [0.15, 0.2) is 16.5 Å². The lowest BCUT2D eigenvalue weighted by Gasteiger charge is -2.15. The summed E-state index contributed by atoms with van der Waals surface area (Å²) in [6.07, 6.45) is 0.440. The second-order valence-corrected chi connectivity index (χ2v) is 5.32. The number of aliphatic carboxylic acids is 1. The van der Waals surface area contributed by atoms with Crippen LogP contribution in [0.15, 0.2) is 21.2 Å². The molecule has 0 aliphatic rings. The third kappa shape index (κ3) is 3.01. The minimum absolute atomic E-state index is 0.210. The van der Waals surface area contributed by atoms with Crippen molar-refractivity contribution in [1.82, 2.24) is 20.2 Å². The molecule has 0 fully saturated rings. The van der Waals surface area contributed by atoms with Crippen molar-refractivity contribution in [2.45, 2.75) is 26.3 Å². The van der Waals surface area contributed by atoms with Gasteiger partial charge in [-0.15, -0.1) is 5.10 Å². The highest BCUT2D eigenvalue weighted by Gasteiger charge is 2.27. The number of aromatic nitrogens is 4. The molecule has 2 aromatic rings. The van der Waals surface area contributed by atoms with Crippen LogP contribution < -0.4 is 0 Å². The Morgan fingerprint density at radius 2 is 2.26 bits per heavy atom. The van der Waals surface area contributed by atoms with Gasteiger partial charge in [-0.3, -0.25) is 0 Å². The molecule has 0 radical (unpaired) electrons. The first-order chi connectivity index (χ1) is 8.99. The first kappa shape index (κ1) is 13.7. The Morgan fingerprint density at radius 1 is 1.53 bits per heavy atom. The van der Waals surface area contributed by atoms with E-state index in [1.807, 2.05) is 13.8 Å². The van der Waals surface area contributed by atoms with Crippen molar-refractivity contribution < 1.29 is 14.3 Å². The fourth-order valence-electron chi connectivity index (χ4n) is 1.75. The molecular formula is C11H13BrN4O3. The maximum atomic E-state index is 11.4. The average molecular weight is 329 g/mol. The molecule has 0 aromatic carbocycles. The minimum Gasteiger partial charge on any atom is -0.480 e. The maximum absolute atomic E-state index is 11.4. The van der Waals surface area contributed by atoms with E-state index >= 15 is 0 Å². The summed E-state index contributed by atoms with van der Waals surface area (Å²) in [4.78, 5) is 11.4. The molecule has 0 aliphatic carbocycles. The Labute approximate surface area is 117 Å². The lowest BCUT2D eigenvalue weighted by Crippen LogP contribution is -2.23. The van der Waals surface area contributed by atoms with Gasteiger partial charge in [0, 0.05) is 0 Å². The first-order valence-corrected chi connectivity index (χ1v) is 6.54. The molecule has 0 saturated heterocycles. The summed E-state index contributed by atoms with van der Waals surface area (Å²) < 4.78 is 7.18. The summed E-state index contributed by atoms with van der Waals surface area (Å²) in [7, 11) is 0. The summed E-state index contributed by atoms with van der Waals surface area (Å²) in [5.41, 5.74) is 0. The Kier molecular flexibility index (Phi) is 3.98. The van der Waals surface area contributed by atoms with Crippen molar-refractivity contribution in [2.75, 3.05) is 0 Å². The molecule has 0 saturated carbocycles. The van der Waals surface area contributed by atoms with Gasteiger partial charge >= 0.3 is 5.97 Å². The predicted octanol–water partition coefficient (Wildman–Crippen LogP) is 2.37. The highest BCUT2D eigenvalue weighted by atomic mass is 79.9. The third-order valence-electron chi connectivity index (χ3n) is 2.56. The molecule has 1 N–H and O–H groups in total. The first-order valence-electron chi connectivity index (χ1n) is 5.75. The molecule has 2 aromatic heterocycles. The molecule has 0 spiro atoms. The maximum Gasteiger partial charge on any atom is 0.328 e. The van der Waals surface area contributed by atoms with Crippen LogP contribution in [0.5, 0.6) is 0 Å². The number of carboxylic acids is 1. The fraction of sp³-hybridized carbons (Fsp3) is 0.455. The smallest absolute Gasteiger partial charge is 0.328 e. The van der Waals surface area contributed by atoms with Crippen LogP contribution in [0.4, 0.5) is 0 Å². The number of furan rings is 1.